The molecule has 0 aliphatic rings. The van der Waals surface area contributed by atoms with Gasteiger partial charge in [0.1, 0.15) is 0 Å². The second-order valence-electron chi connectivity index (χ2n) is 7.28. The Balaban J connectivity index is -0.000000492. The summed E-state index contributed by atoms with van der Waals surface area (Å²) in [6, 6.07) is 0.209. The highest BCUT2D eigenvalue weighted by Crippen LogP contribution is 2.05. The Labute approximate surface area is 213 Å². The van der Waals surface area contributed by atoms with Crippen LogP contribution in [0.4, 0.5) is 0 Å². The largest absolute Gasteiger partial charge is 0.476 e. The molecular weight excluding hydrogens is 468 g/mol. The van der Waals surface area contributed by atoms with Crippen LogP contribution in [-0.4, -0.2) is 59.7 Å². The average Bonchev–Trinajstić information content (AvgIpc) is 2.85. The Morgan fingerprint density at radius 2 is 1.08 bits per heavy atom. The van der Waals surface area contributed by atoms with E-state index in [2.05, 4.69) is 47.6 Å². The van der Waals surface area contributed by atoms with Crippen LogP contribution in [0.25, 0.3) is 0 Å². The predicted molar refractivity (Wildman–Crippen MR) is 139 cm³/mol. The van der Waals surface area contributed by atoms with Crippen molar-refractivity contribution < 1.29 is 33.9 Å². The maximum atomic E-state index is 10.8. The minimum Gasteiger partial charge on any atom is -0.476 e. The smallest absolute Gasteiger partial charge is 0.372 e. The van der Waals surface area contributed by atoms with Gasteiger partial charge in [0.25, 0.3) is 0 Å². The Morgan fingerprint density at radius 3 is 1.47 bits per heavy atom. The third-order valence-corrected chi connectivity index (χ3v) is 3.82. The minimum absolute atomic E-state index is 0.0930. The van der Waals surface area contributed by atoms with Crippen molar-refractivity contribution in [3.8, 4) is 0 Å². The Morgan fingerprint density at radius 1 is 0.667 bits per heavy atom. The number of nitrogens with one attached hydrogen (secondary N) is 4. The van der Waals surface area contributed by atoms with Crippen molar-refractivity contribution in [1.29, 1.82) is 0 Å². The van der Waals surface area contributed by atoms with E-state index in [0.717, 1.165) is 37.8 Å². The molecule has 0 aliphatic heterocycles. The number of carbonyl (C=O) groups excluding carboxylic acids is 5. The summed E-state index contributed by atoms with van der Waals surface area (Å²) >= 11 is 0. The molecule has 0 aliphatic carbocycles. The first-order valence-corrected chi connectivity index (χ1v) is 11.3. The van der Waals surface area contributed by atoms with E-state index in [1.54, 1.807) is 0 Å². The van der Waals surface area contributed by atoms with Crippen LogP contribution < -0.4 is 21.3 Å². The highest BCUT2D eigenvalue weighted by Gasteiger charge is 2.09. The summed E-state index contributed by atoms with van der Waals surface area (Å²) in [4.78, 5) is 63.0. The van der Waals surface area contributed by atoms with Crippen LogP contribution in [0.2, 0.25) is 0 Å². The van der Waals surface area contributed by atoms with Crippen LogP contribution in [-0.2, 0) is 28.8 Å². The molecule has 0 heterocycles. The predicted octanol–water partition coefficient (Wildman–Crippen LogP) is 1.53. The van der Waals surface area contributed by atoms with Gasteiger partial charge in [0.2, 0.25) is 29.4 Å². The lowest BCUT2D eigenvalue weighted by Crippen LogP contribution is -2.35. The lowest BCUT2D eigenvalue weighted by molar-refractivity contribution is -0.149. The van der Waals surface area contributed by atoms with Crippen LogP contribution >= 0.6 is 0 Å². The lowest BCUT2D eigenvalue weighted by atomic mass is 10.1. The standard InChI is InChI=1S/C12H19NO4.C7H10N2O2.C6H11NO/c1-2-11(15)13-9-7-5-3-4-6-8-10(14)12(16)17;1-3-6(10)8-5-9-7(11)4-2;1-4-6(8)7-5(2)3/h2H,1,3-9H2,(H,13,15)(H,16,17);3-4H,1-2,5H2,(H,8,10)(H,9,11);4-5H,1H2,2-3H3,(H,7,8). The van der Waals surface area contributed by atoms with Gasteiger partial charge in [0.05, 0.1) is 6.67 Å². The monoisotopic (exact) mass is 508 g/mol. The van der Waals surface area contributed by atoms with E-state index in [-0.39, 0.29) is 42.8 Å². The molecule has 36 heavy (non-hydrogen) atoms. The zero-order valence-corrected chi connectivity index (χ0v) is 21.3. The van der Waals surface area contributed by atoms with E-state index in [9.17, 15) is 28.8 Å². The summed E-state index contributed by atoms with van der Waals surface area (Å²) in [5, 5.41) is 18.4. The van der Waals surface area contributed by atoms with E-state index >= 15 is 0 Å². The summed E-state index contributed by atoms with van der Waals surface area (Å²) in [6.07, 6.45) is 9.10. The van der Waals surface area contributed by atoms with Gasteiger partial charge in [-0.1, -0.05) is 45.6 Å². The van der Waals surface area contributed by atoms with E-state index in [4.69, 9.17) is 5.11 Å². The van der Waals surface area contributed by atoms with Gasteiger partial charge in [-0.3, -0.25) is 24.0 Å². The Kier molecular flexibility index (Phi) is 26.0. The normalized spacial score (nSPS) is 8.97. The van der Waals surface area contributed by atoms with Crippen molar-refractivity contribution in [2.75, 3.05) is 13.2 Å². The third kappa shape index (κ3) is 30.0. The quantitative estimate of drug-likeness (QED) is 0.0910. The molecule has 0 bridgehead atoms. The van der Waals surface area contributed by atoms with Crippen LogP contribution in [0.5, 0.6) is 0 Å². The van der Waals surface area contributed by atoms with Crippen LogP contribution in [0, 0.1) is 0 Å². The number of ketones is 1. The second kappa shape index (κ2) is 25.6. The number of aliphatic carboxylic acids is 1. The third-order valence-electron chi connectivity index (χ3n) is 3.82. The van der Waals surface area contributed by atoms with Gasteiger partial charge in [-0.15, -0.1) is 0 Å². The molecule has 0 rings (SSSR count). The molecule has 0 aromatic heterocycles. The Hall–Kier alpha value is -4.02. The van der Waals surface area contributed by atoms with Gasteiger partial charge in [0.15, 0.2) is 0 Å². The van der Waals surface area contributed by atoms with Crippen molar-refractivity contribution in [1.82, 2.24) is 21.3 Å². The lowest BCUT2D eigenvalue weighted by Gasteiger charge is -2.02. The maximum Gasteiger partial charge on any atom is 0.372 e. The van der Waals surface area contributed by atoms with Crippen molar-refractivity contribution in [3.05, 3.63) is 50.6 Å². The first kappa shape index (κ1) is 36.5. The molecule has 4 amide bonds. The summed E-state index contributed by atoms with van der Waals surface area (Å²) < 4.78 is 0. The molecule has 0 saturated heterocycles. The highest BCUT2D eigenvalue weighted by molar-refractivity contribution is 6.32. The van der Waals surface area contributed by atoms with Crippen LogP contribution in [0.3, 0.4) is 0 Å². The number of amides is 4. The van der Waals surface area contributed by atoms with Crippen molar-refractivity contribution in [3.63, 3.8) is 0 Å². The van der Waals surface area contributed by atoms with Gasteiger partial charge in [-0.2, -0.15) is 0 Å². The number of hydrogen-bond acceptors (Lipinski definition) is 6. The van der Waals surface area contributed by atoms with Gasteiger partial charge in [-0.05, 0) is 51.0 Å². The van der Waals surface area contributed by atoms with E-state index in [0.29, 0.717) is 13.0 Å². The summed E-state index contributed by atoms with van der Waals surface area (Å²) in [5.41, 5.74) is 0. The first-order valence-electron chi connectivity index (χ1n) is 11.3. The van der Waals surface area contributed by atoms with Gasteiger partial charge in [-0.25, -0.2) is 4.79 Å². The molecular formula is C25H40N4O7. The van der Waals surface area contributed by atoms with Crippen molar-refractivity contribution in [2.45, 2.75) is 58.4 Å². The first-order chi connectivity index (χ1) is 16.9. The fraction of sp³-hybridized carbons (Fsp3) is 0.440. The topological polar surface area (TPSA) is 171 Å². The molecule has 0 spiro atoms. The fourth-order valence-corrected chi connectivity index (χ4v) is 2.04. The molecule has 11 nitrogen and oxygen atoms in total. The van der Waals surface area contributed by atoms with Gasteiger partial charge < -0.3 is 26.4 Å². The second-order valence-corrected chi connectivity index (χ2v) is 7.28. The maximum absolute atomic E-state index is 10.8. The van der Waals surface area contributed by atoms with E-state index in [1.165, 1.54) is 12.2 Å². The number of hydrogen-bond donors (Lipinski definition) is 5. The zero-order valence-electron chi connectivity index (χ0n) is 21.3. The molecule has 0 radical (unpaired) electrons. The average molecular weight is 509 g/mol. The van der Waals surface area contributed by atoms with Crippen LogP contribution in [0.15, 0.2) is 50.6 Å². The molecule has 0 unspecified atom stereocenters. The van der Waals surface area contributed by atoms with Crippen molar-refractivity contribution >= 4 is 35.4 Å². The number of unbranched alkanes of at least 4 members (excludes halogenated alkanes) is 4. The number of Topliss-reactive ketones (excluding diaryl/α,β-unsaturated/α-hetero) is 1. The molecule has 11 heteroatoms. The minimum atomic E-state index is -1.35. The van der Waals surface area contributed by atoms with Gasteiger partial charge in [0, 0.05) is 19.0 Å². The van der Waals surface area contributed by atoms with Crippen molar-refractivity contribution in [2.24, 2.45) is 0 Å². The van der Waals surface area contributed by atoms with Gasteiger partial charge >= 0.3 is 5.97 Å². The fourth-order valence-electron chi connectivity index (χ4n) is 2.04. The van der Waals surface area contributed by atoms with E-state index in [1.807, 2.05) is 13.8 Å². The van der Waals surface area contributed by atoms with E-state index < -0.39 is 11.8 Å². The number of carboxylic acids is 1. The molecule has 202 valence electrons. The summed E-state index contributed by atoms with van der Waals surface area (Å²) in [5.74, 6) is -3.00. The summed E-state index contributed by atoms with van der Waals surface area (Å²) in [7, 11) is 0. The zero-order chi connectivity index (χ0) is 28.4. The number of carbonyl (C=O) groups is 6. The molecule has 5 N–H and O–H groups in total. The summed E-state index contributed by atoms with van der Waals surface area (Å²) in [6.45, 7) is 17.6. The number of carboxylic acid groups (broad SMARTS) is 1. The molecule has 0 saturated carbocycles. The Bertz CT molecular complexity index is 742. The highest BCUT2D eigenvalue weighted by atomic mass is 16.4. The SMILES string of the molecule is C=CC(=O)NC(C)C.C=CC(=O)NCCCCCCCC(=O)C(=O)O.C=CC(=O)NCNC(=O)C=C. The van der Waals surface area contributed by atoms with Crippen LogP contribution in [0.1, 0.15) is 52.4 Å². The molecule has 0 fully saturated rings. The molecule has 0 aromatic rings. The number of rotatable bonds is 16. The molecule has 0 aromatic carbocycles. The molecule has 0 atom stereocenters.